The topological polar surface area (TPSA) is 56.3 Å². The van der Waals surface area contributed by atoms with Gasteiger partial charge in [0.05, 0.1) is 23.0 Å². The smallest absolute Gasteiger partial charge is 0.190 e. The van der Waals surface area contributed by atoms with E-state index in [0.29, 0.717) is 0 Å². The number of para-hydroxylation sites is 1. The number of nitrogens with zero attached hydrogens (tertiary/aromatic N) is 2. The molecular weight excluding hydrogens is 414 g/mol. The zero-order valence-electron chi connectivity index (χ0n) is 16.0. The van der Waals surface area contributed by atoms with Crippen LogP contribution in [0.5, 0.6) is 17.2 Å². The second-order valence-corrected chi connectivity index (χ2v) is 8.34. The number of methoxy groups -OCH3 is 1. The van der Waals surface area contributed by atoms with E-state index in [4.69, 9.17) is 14.5 Å². The van der Waals surface area contributed by atoms with E-state index >= 15 is 0 Å². The summed E-state index contributed by atoms with van der Waals surface area (Å²) < 4.78 is 12.2. The molecule has 30 heavy (non-hydrogen) atoms. The molecule has 0 atom stereocenters. The number of benzene rings is 3. The quantitative estimate of drug-likeness (QED) is 0.315. The molecule has 0 spiro atoms. The molecule has 5 nitrogen and oxygen atoms in total. The van der Waals surface area contributed by atoms with Crippen LogP contribution in [0.25, 0.3) is 21.5 Å². The van der Waals surface area contributed by atoms with Crippen LogP contribution in [0, 0.1) is 0 Å². The molecule has 5 rings (SSSR count). The molecule has 0 aliphatic carbocycles. The predicted molar refractivity (Wildman–Crippen MR) is 124 cm³/mol. The lowest BCUT2D eigenvalue weighted by Crippen LogP contribution is -1.88. The zero-order valence-corrected chi connectivity index (χ0v) is 17.7. The van der Waals surface area contributed by atoms with Crippen LogP contribution >= 0.6 is 22.7 Å². The number of nitrogens with one attached hydrogen (secondary N) is 1. The van der Waals surface area contributed by atoms with E-state index in [-0.39, 0.29) is 0 Å². The van der Waals surface area contributed by atoms with Gasteiger partial charge in [-0.2, -0.15) is 0 Å². The fourth-order valence-corrected chi connectivity index (χ4v) is 4.59. The standard InChI is InChI=1S/C23H17N3O2S2/c1-27-18-11-12-21-19(13-18)24-23(30-21)26-22-25-20(14-29-22)15-7-9-17(10-8-15)28-16-5-3-2-4-6-16/h2-14H,1H3,(H,24,25,26). The second-order valence-electron chi connectivity index (χ2n) is 6.46. The lowest BCUT2D eigenvalue weighted by Gasteiger charge is -2.05. The van der Waals surface area contributed by atoms with Gasteiger partial charge in [-0.15, -0.1) is 11.3 Å². The fraction of sp³-hybridized carbons (Fsp3) is 0.0435. The molecule has 0 aliphatic rings. The highest BCUT2D eigenvalue weighted by atomic mass is 32.1. The Kier molecular flexibility index (Phi) is 5.04. The number of aromatic nitrogens is 2. The largest absolute Gasteiger partial charge is 0.497 e. The van der Waals surface area contributed by atoms with Crippen molar-refractivity contribution in [2.75, 3.05) is 12.4 Å². The molecule has 148 valence electrons. The van der Waals surface area contributed by atoms with Crippen LogP contribution in [0.3, 0.4) is 0 Å². The Bertz CT molecular complexity index is 1280. The Labute approximate surface area is 181 Å². The molecule has 0 amide bonds. The summed E-state index contributed by atoms with van der Waals surface area (Å²) in [6, 6.07) is 23.6. The average molecular weight is 432 g/mol. The van der Waals surface area contributed by atoms with Gasteiger partial charge >= 0.3 is 0 Å². The second kappa shape index (κ2) is 8.14. The minimum Gasteiger partial charge on any atom is -0.497 e. The van der Waals surface area contributed by atoms with Crippen LogP contribution in [-0.2, 0) is 0 Å². The van der Waals surface area contributed by atoms with Crippen LogP contribution in [0.1, 0.15) is 0 Å². The van der Waals surface area contributed by atoms with Gasteiger partial charge in [0, 0.05) is 17.0 Å². The highest BCUT2D eigenvalue weighted by Crippen LogP contribution is 2.33. The predicted octanol–water partition coefficient (Wildman–Crippen LogP) is 6.96. The maximum atomic E-state index is 5.85. The van der Waals surface area contributed by atoms with Gasteiger partial charge in [0.1, 0.15) is 17.2 Å². The first-order valence-corrected chi connectivity index (χ1v) is 11.0. The number of hydrogen-bond acceptors (Lipinski definition) is 7. The zero-order chi connectivity index (χ0) is 20.3. The number of ether oxygens (including phenoxy) is 2. The van der Waals surface area contributed by atoms with Gasteiger partial charge in [0.15, 0.2) is 10.3 Å². The van der Waals surface area contributed by atoms with Crippen molar-refractivity contribution in [3.8, 4) is 28.5 Å². The molecule has 2 aromatic heterocycles. The first kappa shape index (κ1) is 18.6. The van der Waals surface area contributed by atoms with E-state index in [1.54, 1.807) is 29.8 Å². The third kappa shape index (κ3) is 3.98. The Morgan fingerprint density at radius 1 is 0.800 bits per heavy atom. The van der Waals surface area contributed by atoms with Crippen molar-refractivity contribution in [3.63, 3.8) is 0 Å². The molecule has 0 unspecified atom stereocenters. The van der Waals surface area contributed by atoms with Crippen molar-refractivity contribution in [1.29, 1.82) is 0 Å². The number of hydrogen-bond donors (Lipinski definition) is 1. The first-order chi connectivity index (χ1) is 14.8. The third-order valence-corrected chi connectivity index (χ3v) is 6.15. The third-order valence-electron chi connectivity index (χ3n) is 4.44. The Morgan fingerprint density at radius 3 is 2.37 bits per heavy atom. The van der Waals surface area contributed by atoms with E-state index in [2.05, 4.69) is 10.3 Å². The van der Waals surface area contributed by atoms with Crippen molar-refractivity contribution < 1.29 is 9.47 Å². The molecule has 3 aromatic carbocycles. The summed E-state index contributed by atoms with van der Waals surface area (Å²) in [5.74, 6) is 2.41. The summed E-state index contributed by atoms with van der Waals surface area (Å²) in [6.07, 6.45) is 0. The molecule has 2 heterocycles. The number of fused-ring (bicyclic) bond motifs is 1. The van der Waals surface area contributed by atoms with Gasteiger partial charge in [-0.1, -0.05) is 29.5 Å². The minimum absolute atomic E-state index is 0.795. The van der Waals surface area contributed by atoms with E-state index in [1.165, 1.54) is 0 Å². The highest BCUT2D eigenvalue weighted by molar-refractivity contribution is 7.22. The summed E-state index contributed by atoms with van der Waals surface area (Å²) in [4.78, 5) is 9.33. The summed E-state index contributed by atoms with van der Waals surface area (Å²) >= 11 is 3.14. The van der Waals surface area contributed by atoms with Gasteiger partial charge in [-0.05, 0) is 48.5 Å². The van der Waals surface area contributed by atoms with Crippen molar-refractivity contribution >= 4 is 43.2 Å². The Balaban J connectivity index is 1.30. The summed E-state index contributed by atoms with van der Waals surface area (Å²) in [5.41, 5.74) is 2.86. The van der Waals surface area contributed by atoms with Gasteiger partial charge in [-0.25, -0.2) is 9.97 Å². The van der Waals surface area contributed by atoms with Crippen molar-refractivity contribution in [1.82, 2.24) is 9.97 Å². The van der Waals surface area contributed by atoms with Crippen LogP contribution in [0.15, 0.2) is 78.2 Å². The van der Waals surface area contributed by atoms with Gasteiger partial charge < -0.3 is 14.8 Å². The number of thiazole rings is 2. The van der Waals surface area contributed by atoms with Crippen LogP contribution in [0.2, 0.25) is 0 Å². The molecule has 0 bridgehead atoms. The van der Waals surface area contributed by atoms with Gasteiger partial charge in [0.2, 0.25) is 0 Å². The van der Waals surface area contributed by atoms with Gasteiger partial charge in [0.25, 0.3) is 0 Å². The normalized spacial score (nSPS) is 10.8. The lowest BCUT2D eigenvalue weighted by molar-refractivity contribution is 0.415. The fourth-order valence-electron chi connectivity index (χ4n) is 2.96. The number of anilines is 2. The maximum absolute atomic E-state index is 5.85. The first-order valence-electron chi connectivity index (χ1n) is 9.27. The molecular formula is C23H17N3O2S2. The van der Waals surface area contributed by atoms with Crippen LogP contribution in [0.4, 0.5) is 10.3 Å². The Hall–Kier alpha value is -3.42. The van der Waals surface area contributed by atoms with Crippen molar-refractivity contribution in [3.05, 3.63) is 78.2 Å². The number of rotatable bonds is 6. The maximum Gasteiger partial charge on any atom is 0.190 e. The molecule has 0 saturated carbocycles. The molecule has 0 saturated heterocycles. The van der Waals surface area contributed by atoms with Crippen molar-refractivity contribution in [2.45, 2.75) is 0 Å². The minimum atomic E-state index is 0.795. The summed E-state index contributed by atoms with van der Waals surface area (Å²) in [7, 11) is 1.66. The molecule has 0 radical (unpaired) electrons. The van der Waals surface area contributed by atoms with Crippen LogP contribution < -0.4 is 14.8 Å². The van der Waals surface area contributed by atoms with E-state index in [9.17, 15) is 0 Å². The van der Waals surface area contributed by atoms with Crippen molar-refractivity contribution in [2.24, 2.45) is 0 Å². The molecule has 1 N–H and O–H groups in total. The molecule has 0 aliphatic heterocycles. The average Bonchev–Trinajstić information content (AvgIpc) is 3.41. The summed E-state index contributed by atoms with van der Waals surface area (Å²) in [5, 5.41) is 6.96. The van der Waals surface area contributed by atoms with Gasteiger partial charge in [-0.3, -0.25) is 0 Å². The van der Waals surface area contributed by atoms with Crippen LogP contribution in [-0.4, -0.2) is 17.1 Å². The highest BCUT2D eigenvalue weighted by Gasteiger charge is 2.09. The SMILES string of the molecule is COc1ccc2sc(Nc3nc(-c4ccc(Oc5ccccc5)cc4)cs3)nc2c1. The van der Waals surface area contributed by atoms with E-state index < -0.39 is 0 Å². The molecule has 7 heteroatoms. The van der Waals surface area contributed by atoms with E-state index in [0.717, 1.165) is 49.0 Å². The lowest BCUT2D eigenvalue weighted by atomic mass is 10.2. The monoisotopic (exact) mass is 431 g/mol. The van der Waals surface area contributed by atoms with E-state index in [1.807, 2.05) is 78.2 Å². The Morgan fingerprint density at radius 2 is 1.57 bits per heavy atom. The molecule has 5 aromatic rings. The molecule has 0 fully saturated rings. The summed E-state index contributed by atoms with van der Waals surface area (Å²) in [6.45, 7) is 0.